The van der Waals surface area contributed by atoms with Gasteiger partial charge in [-0.3, -0.25) is 24.0 Å². The standard InChI is InChI=1S/C32H42FN5O6/c1-18(2)27-31(43)35-19(3)16-44-25-10-8-7-9-23(25)29(41)37-24(15-26(39)36-20(4)28(40)38-27)30(42)34-17-32(5,6)21-11-13-22(33)14-12-21/h7-14,18-20,24,27H,15-17H2,1-6H3,(H,34,42)(H,35,43)(H,36,39)(H,37,41)(H,38,40)/t19-,20-,24-,27+/m0/s1. The van der Waals surface area contributed by atoms with Crippen molar-refractivity contribution < 1.29 is 33.1 Å². The van der Waals surface area contributed by atoms with Gasteiger partial charge in [-0.05, 0) is 49.6 Å². The highest BCUT2D eigenvalue weighted by Crippen LogP contribution is 2.23. The molecule has 0 spiro atoms. The molecule has 2 aromatic rings. The summed E-state index contributed by atoms with van der Waals surface area (Å²) >= 11 is 0. The number of carbonyl (C=O) groups is 5. The van der Waals surface area contributed by atoms with Gasteiger partial charge in [0.1, 0.15) is 36.3 Å². The number of halogens is 1. The van der Waals surface area contributed by atoms with E-state index in [9.17, 15) is 28.4 Å². The number of rotatable bonds is 5. The topological polar surface area (TPSA) is 155 Å². The van der Waals surface area contributed by atoms with E-state index in [-0.39, 0.29) is 36.2 Å². The number of hydrogen-bond acceptors (Lipinski definition) is 6. The summed E-state index contributed by atoms with van der Waals surface area (Å²) < 4.78 is 19.3. The van der Waals surface area contributed by atoms with Crippen LogP contribution >= 0.6 is 0 Å². The minimum absolute atomic E-state index is 0.0215. The van der Waals surface area contributed by atoms with Crippen molar-refractivity contribution >= 4 is 29.5 Å². The van der Waals surface area contributed by atoms with Gasteiger partial charge in [-0.25, -0.2) is 4.39 Å². The zero-order valence-corrected chi connectivity index (χ0v) is 26.0. The van der Waals surface area contributed by atoms with Crippen LogP contribution in [0.1, 0.15) is 63.9 Å². The second kappa shape index (κ2) is 14.8. The lowest BCUT2D eigenvalue weighted by atomic mass is 9.84. The normalized spacial score (nSPS) is 22.4. The van der Waals surface area contributed by atoms with Gasteiger partial charge in [0.15, 0.2) is 0 Å². The fraction of sp³-hybridized carbons (Fsp3) is 0.469. The van der Waals surface area contributed by atoms with Crippen LogP contribution in [0.2, 0.25) is 0 Å². The molecule has 2 aromatic carbocycles. The van der Waals surface area contributed by atoms with Gasteiger partial charge in [0.05, 0.1) is 18.0 Å². The van der Waals surface area contributed by atoms with Crippen molar-refractivity contribution in [2.75, 3.05) is 13.2 Å². The third kappa shape index (κ3) is 9.26. The summed E-state index contributed by atoms with van der Waals surface area (Å²) in [7, 11) is 0. The fourth-order valence-electron chi connectivity index (χ4n) is 4.61. The molecule has 0 aromatic heterocycles. The first kappa shape index (κ1) is 34.0. The van der Waals surface area contributed by atoms with Crippen LogP contribution in [0.25, 0.3) is 0 Å². The predicted molar refractivity (Wildman–Crippen MR) is 162 cm³/mol. The second-order valence-electron chi connectivity index (χ2n) is 12.1. The third-order valence-corrected chi connectivity index (χ3v) is 7.37. The summed E-state index contributed by atoms with van der Waals surface area (Å²) in [5.74, 6) is -3.37. The monoisotopic (exact) mass is 611 g/mol. The molecule has 1 heterocycles. The maximum Gasteiger partial charge on any atom is 0.255 e. The number of carbonyl (C=O) groups excluding carboxylic acids is 5. The van der Waals surface area contributed by atoms with Gasteiger partial charge < -0.3 is 31.3 Å². The number of fused-ring (bicyclic) bond motifs is 1. The van der Waals surface area contributed by atoms with Crippen molar-refractivity contribution in [1.29, 1.82) is 0 Å². The lowest BCUT2D eigenvalue weighted by molar-refractivity contribution is -0.133. The Morgan fingerprint density at radius 3 is 2.27 bits per heavy atom. The average molecular weight is 612 g/mol. The van der Waals surface area contributed by atoms with Crippen molar-refractivity contribution in [3.05, 3.63) is 65.5 Å². The predicted octanol–water partition coefficient (Wildman–Crippen LogP) is 1.95. The Hall–Kier alpha value is -4.48. The molecule has 4 atom stereocenters. The number of nitrogens with one attached hydrogen (secondary N) is 5. The number of benzene rings is 2. The maximum atomic E-state index is 13.5. The Balaban J connectivity index is 1.88. The molecule has 44 heavy (non-hydrogen) atoms. The van der Waals surface area contributed by atoms with Gasteiger partial charge in [-0.2, -0.15) is 0 Å². The van der Waals surface area contributed by atoms with Gasteiger partial charge in [0.25, 0.3) is 5.91 Å². The zero-order chi connectivity index (χ0) is 32.6. The van der Waals surface area contributed by atoms with E-state index in [4.69, 9.17) is 4.74 Å². The van der Waals surface area contributed by atoms with Crippen LogP contribution in [-0.4, -0.2) is 66.9 Å². The highest BCUT2D eigenvalue weighted by Gasteiger charge is 2.31. The summed E-state index contributed by atoms with van der Waals surface area (Å²) in [5, 5.41) is 13.5. The molecule has 5 N–H and O–H groups in total. The zero-order valence-electron chi connectivity index (χ0n) is 26.0. The number of hydrogen-bond donors (Lipinski definition) is 5. The van der Waals surface area contributed by atoms with Crippen LogP contribution in [0.5, 0.6) is 5.75 Å². The molecule has 0 bridgehead atoms. The Morgan fingerprint density at radius 1 is 0.955 bits per heavy atom. The van der Waals surface area contributed by atoms with E-state index in [0.717, 1.165) is 5.56 Å². The number of amides is 5. The van der Waals surface area contributed by atoms with E-state index >= 15 is 0 Å². The Kier molecular flexibility index (Phi) is 11.4. The van der Waals surface area contributed by atoms with Crippen molar-refractivity contribution in [3.63, 3.8) is 0 Å². The van der Waals surface area contributed by atoms with Crippen LogP contribution in [0.4, 0.5) is 4.39 Å². The van der Waals surface area contributed by atoms with Crippen molar-refractivity contribution in [2.45, 2.75) is 77.5 Å². The van der Waals surface area contributed by atoms with E-state index in [0.29, 0.717) is 0 Å². The molecule has 0 aliphatic carbocycles. The molecule has 11 nitrogen and oxygen atoms in total. The van der Waals surface area contributed by atoms with Crippen molar-refractivity contribution in [1.82, 2.24) is 26.6 Å². The summed E-state index contributed by atoms with van der Waals surface area (Å²) in [6.07, 6.45) is -0.472. The number of ether oxygens (including phenoxy) is 1. The Morgan fingerprint density at radius 2 is 1.61 bits per heavy atom. The molecule has 0 radical (unpaired) electrons. The van der Waals surface area contributed by atoms with E-state index in [2.05, 4.69) is 26.6 Å². The summed E-state index contributed by atoms with van der Waals surface area (Å²) in [4.78, 5) is 65.9. The molecule has 0 unspecified atom stereocenters. The summed E-state index contributed by atoms with van der Waals surface area (Å²) in [6, 6.07) is 8.64. The minimum atomic E-state index is -1.31. The second-order valence-corrected chi connectivity index (χ2v) is 12.1. The molecule has 1 aliphatic heterocycles. The van der Waals surface area contributed by atoms with Crippen molar-refractivity contribution in [3.8, 4) is 5.75 Å². The van der Waals surface area contributed by atoms with Crippen LogP contribution in [0.15, 0.2) is 48.5 Å². The quantitative estimate of drug-likeness (QED) is 0.348. The summed E-state index contributed by atoms with van der Waals surface area (Å²) in [6.45, 7) is 10.6. The molecular weight excluding hydrogens is 569 g/mol. The third-order valence-electron chi connectivity index (χ3n) is 7.37. The highest BCUT2D eigenvalue weighted by molar-refractivity contribution is 6.01. The van der Waals surface area contributed by atoms with Gasteiger partial charge in [0, 0.05) is 12.0 Å². The van der Waals surface area contributed by atoms with Gasteiger partial charge in [-0.1, -0.05) is 52.0 Å². The highest BCUT2D eigenvalue weighted by atomic mass is 19.1. The van der Waals surface area contributed by atoms with E-state index in [1.54, 1.807) is 51.1 Å². The summed E-state index contributed by atoms with van der Waals surface area (Å²) in [5.41, 5.74) is 0.308. The maximum absolute atomic E-state index is 13.5. The first-order chi connectivity index (χ1) is 20.7. The van der Waals surface area contributed by atoms with Crippen LogP contribution in [0.3, 0.4) is 0 Å². The minimum Gasteiger partial charge on any atom is -0.491 e. The fourth-order valence-corrected chi connectivity index (χ4v) is 4.61. The van der Waals surface area contributed by atoms with Crippen LogP contribution in [0, 0.1) is 11.7 Å². The molecule has 0 saturated carbocycles. The molecular formula is C32H42FN5O6. The molecule has 3 rings (SSSR count). The molecule has 238 valence electrons. The average Bonchev–Trinajstić information content (AvgIpc) is 2.96. The lowest BCUT2D eigenvalue weighted by Gasteiger charge is -2.27. The molecule has 12 heteroatoms. The van der Waals surface area contributed by atoms with E-state index < -0.39 is 65.5 Å². The molecule has 0 fully saturated rings. The first-order valence-corrected chi connectivity index (χ1v) is 14.6. The van der Waals surface area contributed by atoms with E-state index in [1.807, 2.05) is 13.8 Å². The first-order valence-electron chi connectivity index (χ1n) is 14.6. The SMILES string of the molecule is CC(C)[C@H]1NC(=O)[C@H](C)NC(=O)C[C@@H](C(=O)NCC(C)(C)c2ccc(F)cc2)NC(=O)c2ccccc2OC[C@H](C)NC1=O. The van der Waals surface area contributed by atoms with Gasteiger partial charge in [-0.15, -0.1) is 0 Å². The molecule has 0 saturated heterocycles. The molecule has 5 amide bonds. The van der Waals surface area contributed by atoms with Crippen LogP contribution in [-0.2, 0) is 24.6 Å². The van der Waals surface area contributed by atoms with Gasteiger partial charge in [0.2, 0.25) is 23.6 Å². The lowest BCUT2D eigenvalue weighted by Crippen LogP contribution is -2.56. The largest absolute Gasteiger partial charge is 0.491 e. The molecule has 1 aliphatic rings. The Labute approximate surface area is 257 Å². The van der Waals surface area contributed by atoms with E-state index in [1.165, 1.54) is 25.1 Å². The van der Waals surface area contributed by atoms with Crippen molar-refractivity contribution in [2.24, 2.45) is 5.92 Å². The number of para-hydroxylation sites is 1. The Bertz CT molecular complexity index is 1360. The smallest absolute Gasteiger partial charge is 0.255 e. The van der Waals surface area contributed by atoms with Gasteiger partial charge >= 0.3 is 0 Å². The van der Waals surface area contributed by atoms with Crippen LogP contribution < -0.4 is 31.3 Å².